The Balaban J connectivity index is 2.16. The van der Waals surface area contributed by atoms with Gasteiger partial charge in [-0.15, -0.1) is 0 Å². The summed E-state index contributed by atoms with van der Waals surface area (Å²) in [6, 6.07) is 13.2. The van der Waals surface area contributed by atoms with Gasteiger partial charge in [0, 0.05) is 12.6 Å². The van der Waals surface area contributed by atoms with Gasteiger partial charge in [0.05, 0.1) is 0 Å². The lowest BCUT2D eigenvalue weighted by molar-refractivity contribution is -0.142. The number of benzene rings is 2. The van der Waals surface area contributed by atoms with Crippen molar-refractivity contribution in [3.8, 4) is 5.75 Å². The van der Waals surface area contributed by atoms with Crippen LogP contribution in [0.1, 0.15) is 43.0 Å². The molecule has 2 aromatic carbocycles. The van der Waals surface area contributed by atoms with Gasteiger partial charge in [0.2, 0.25) is 5.91 Å². The predicted octanol–water partition coefficient (Wildman–Crippen LogP) is 3.93. The lowest BCUT2D eigenvalue weighted by Crippen LogP contribution is -2.50. The Morgan fingerprint density at radius 1 is 0.966 bits per heavy atom. The van der Waals surface area contributed by atoms with Crippen LogP contribution in [0.5, 0.6) is 5.75 Å². The van der Waals surface area contributed by atoms with Crippen LogP contribution >= 0.6 is 0 Å². The fourth-order valence-corrected chi connectivity index (χ4v) is 3.06. The molecule has 5 nitrogen and oxygen atoms in total. The number of carbonyl (C=O) groups is 2. The van der Waals surface area contributed by atoms with Gasteiger partial charge in [0.25, 0.3) is 5.91 Å². The molecule has 2 rings (SSSR count). The summed E-state index contributed by atoms with van der Waals surface area (Å²) in [7, 11) is 0. The van der Waals surface area contributed by atoms with Crippen molar-refractivity contribution in [2.24, 2.45) is 0 Å². The molecule has 2 amide bonds. The Morgan fingerprint density at radius 2 is 1.59 bits per heavy atom. The van der Waals surface area contributed by atoms with Gasteiger partial charge in [-0.3, -0.25) is 9.59 Å². The Hall–Kier alpha value is -2.82. The first-order chi connectivity index (χ1) is 13.7. The molecule has 0 heterocycles. The van der Waals surface area contributed by atoms with Crippen LogP contribution in [-0.4, -0.2) is 35.4 Å². The molecule has 0 unspecified atom stereocenters. The van der Waals surface area contributed by atoms with E-state index in [1.54, 1.807) is 11.8 Å². The van der Waals surface area contributed by atoms with Gasteiger partial charge in [-0.2, -0.15) is 0 Å². The SMILES string of the molecule is Cc1ccc(CN(C(=O)COc2ccc(C)cc2C)[C@H](C)C(=O)NC(C)C)cc1. The van der Waals surface area contributed by atoms with E-state index in [2.05, 4.69) is 5.32 Å². The van der Waals surface area contributed by atoms with E-state index in [1.165, 1.54) is 0 Å². The average molecular weight is 397 g/mol. The summed E-state index contributed by atoms with van der Waals surface area (Å²) in [6.07, 6.45) is 0. The minimum atomic E-state index is -0.603. The molecule has 1 atom stereocenters. The van der Waals surface area contributed by atoms with Gasteiger partial charge in [0.1, 0.15) is 11.8 Å². The Bertz CT molecular complexity index is 844. The fraction of sp³-hybridized carbons (Fsp3) is 0.417. The summed E-state index contributed by atoms with van der Waals surface area (Å²) >= 11 is 0. The molecule has 0 saturated heterocycles. The summed E-state index contributed by atoms with van der Waals surface area (Å²) in [6.45, 7) is 11.8. The maximum Gasteiger partial charge on any atom is 0.261 e. The molecule has 2 aromatic rings. The lowest BCUT2D eigenvalue weighted by Gasteiger charge is -2.29. The first-order valence-corrected chi connectivity index (χ1v) is 10.0. The lowest BCUT2D eigenvalue weighted by atomic mass is 10.1. The van der Waals surface area contributed by atoms with Crippen molar-refractivity contribution >= 4 is 11.8 Å². The molecule has 0 spiro atoms. The number of amides is 2. The maximum absolute atomic E-state index is 13.0. The van der Waals surface area contributed by atoms with Crippen LogP contribution in [0.4, 0.5) is 0 Å². The van der Waals surface area contributed by atoms with E-state index in [-0.39, 0.29) is 24.5 Å². The zero-order valence-electron chi connectivity index (χ0n) is 18.3. The van der Waals surface area contributed by atoms with Crippen LogP contribution in [0, 0.1) is 20.8 Å². The Labute approximate surface area is 174 Å². The third-order valence-electron chi connectivity index (χ3n) is 4.75. The van der Waals surface area contributed by atoms with Crippen LogP contribution < -0.4 is 10.1 Å². The van der Waals surface area contributed by atoms with Gasteiger partial charge in [-0.25, -0.2) is 0 Å². The van der Waals surface area contributed by atoms with E-state index in [0.29, 0.717) is 12.3 Å². The molecule has 0 aromatic heterocycles. The van der Waals surface area contributed by atoms with E-state index in [0.717, 1.165) is 22.3 Å². The van der Waals surface area contributed by atoms with Crippen molar-refractivity contribution in [2.75, 3.05) is 6.61 Å². The fourth-order valence-electron chi connectivity index (χ4n) is 3.06. The van der Waals surface area contributed by atoms with Crippen LogP contribution in [0.15, 0.2) is 42.5 Å². The first-order valence-electron chi connectivity index (χ1n) is 10.0. The zero-order chi connectivity index (χ0) is 21.6. The molecule has 0 aliphatic carbocycles. The summed E-state index contributed by atoms with van der Waals surface area (Å²) in [5, 5.41) is 2.89. The van der Waals surface area contributed by atoms with Gasteiger partial charge < -0.3 is 15.0 Å². The van der Waals surface area contributed by atoms with Crippen LogP contribution in [-0.2, 0) is 16.1 Å². The minimum absolute atomic E-state index is 0.00716. The van der Waals surface area contributed by atoms with Gasteiger partial charge >= 0.3 is 0 Å². The minimum Gasteiger partial charge on any atom is -0.483 e. The summed E-state index contributed by atoms with van der Waals surface area (Å²) in [4.78, 5) is 27.2. The third-order valence-corrected chi connectivity index (χ3v) is 4.75. The van der Waals surface area contributed by atoms with Crippen LogP contribution in [0.25, 0.3) is 0 Å². The van der Waals surface area contributed by atoms with Crippen molar-refractivity contribution in [3.63, 3.8) is 0 Å². The van der Waals surface area contributed by atoms with Crippen molar-refractivity contribution in [1.82, 2.24) is 10.2 Å². The van der Waals surface area contributed by atoms with Gasteiger partial charge in [0.15, 0.2) is 6.61 Å². The molecular weight excluding hydrogens is 364 g/mol. The summed E-state index contributed by atoms with van der Waals surface area (Å²) in [5.74, 6) is 0.280. The molecule has 156 valence electrons. The normalized spacial score (nSPS) is 11.8. The van der Waals surface area contributed by atoms with Gasteiger partial charge in [-0.05, 0) is 58.7 Å². The highest BCUT2D eigenvalue weighted by Gasteiger charge is 2.27. The number of ether oxygens (including phenoxy) is 1. The smallest absolute Gasteiger partial charge is 0.261 e. The second-order valence-corrected chi connectivity index (χ2v) is 7.90. The summed E-state index contributed by atoms with van der Waals surface area (Å²) < 4.78 is 5.78. The van der Waals surface area contributed by atoms with E-state index in [9.17, 15) is 9.59 Å². The van der Waals surface area contributed by atoms with Crippen molar-refractivity contribution in [2.45, 2.75) is 60.2 Å². The number of rotatable bonds is 8. The van der Waals surface area contributed by atoms with Crippen molar-refractivity contribution < 1.29 is 14.3 Å². The second-order valence-electron chi connectivity index (χ2n) is 7.90. The van der Waals surface area contributed by atoms with E-state index in [1.807, 2.05) is 77.1 Å². The molecular formula is C24H32N2O3. The molecule has 0 radical (unpaired) electrons. The topological polar surface area (TPSA) is 58.6 Å². The Kier molecular flexibility index (Phi) is 7.82. The number of hydrogen-bond acceptors (Lipinski definition) is 3. The van der Waals surface area contributed by atoms with Crippen LogP contribution in [0.3, 0.4) is 0 Å². The molecule has 29 heavy (non-hydrogen) atoms. The molecule has 0 bridgehead atoms. The summed E-state index contributed by atoms with van der Waals surface area (Å²) in [5.41, 5.74) is 4.24. The molecule has 1 N–H and O–H groups in total. The number of aryl methyl sites for hydroxylation is 3. The monoisotopic (exact) mass is 396 g/mol. The maximum atomic E-state index is 13.0. The van der Waals surface area contributed by atoms with Crippen molar-refractivity contribution in [1.29, 1.82) is 0 Å². The highest BCUT2D eigenvalue weighted by Crippen LogP contribution is 2.19. The number of nitrogens with one attached hydrogen (secondary N) is 1. The average Bonchev–Trinajstić information content (AvgIpc) is 2.65. The third kappa shape index (κ3) is 6.63. The standard InChI is InChI=1S/C24H32N2O3/c1-16(2)25-24(28)20(6)26(14-21-10-7-17(3)8-11-21)23(27)15-29-22-12-9-18(4)13-19(22)5/h7-13,16,20H,14-15H2,1-6H3,(H,25,28)/t20-/m1/s1. The van der Waals surface area contributed by atoms with E-state index in [4.69, 9.17) is 4.74 Å². The first kappa shape index (κ1) is 22.5. The van der Waals surface area contributed by atoms with Gasteiger partial charge in [-0.1, -0.05) is 47.5 Å². The molecule has 0 aliphatic rings. The highest BCUT2D eigenvalue weighted by atomic mass is 16.5. The molecule has 0 fully saturated rings. The Morgan fingerprint density at radius 3 is 2.17 bits per heavy atom. The molecule has 0 saturated carbocycles. The second kappa shape index (κ2) is 10.1. The largest absolute Gasteiger partial charge is 0.483 e. The zero-order valence-corrected chi connectivity index (χ0v) is 18.3. The van der Waals surface area contributed by atoms with E-state index < -0.39 is 6.04 Å². The predicted molar refractivity (Wildman–Crippen MR) is 116 cm³/mol. The van der Waals surface area contributed by atoms with E-state index >= 15 is 0 Å². The number of carbonyl (C=O) groups excluding carboxylic acids is 2. The highest BCUT2D eigenvalue weighted by molar-refractivity contribution is 5.88. The van der Waals surface area contributed by atoms with Crippen molar-refractivity contribution in [3.05, 3.63) is 64.7 Å². The molecule has 0 aliphatic heterocycles. The van der Waals surface area contributed by atoms with Crippen LogP contribution in [0.2, 0.25) is 0 Å². The molecule has 5 heteroatoms. The number of hydrogen-bond donors (Lipinski definition) is 1. The number of nitrogens with zero attached hydrogens (tertiary/aromatic N) is 1. The quantitative estimate of drug-likeness (QED) is 0.735.